The highest BCUT2D eigenvalue weighted by Crippen LogP contribution is 2.39. The number of aryl methyl sites for hydroxylation is 3. The van der Waals surface area contributed by atoms with Gasteiger partial charge in [0.05, 0.1) is 42.6 Å². The molecule has 1 amide bonds. The first-order valence-corrected chi connectivity index (χ1v) is 18.6. The molecule has 0 bridgehead atoms. The van der Waals surface area contributed by atoms with Crippen LogP contribution < -0.4 is 9.04 Å². The van der Waals surface area contributed by atoms with Crippen molar-refractivity contribution in [3.8, 4) is 5.75 Å². The number of methoxy groups -OCH3 is 1. The van der Waals surface area contributed by atoms with E-state index in [9.17, 15) is 13.2 Å². The third-order valence-corrected chi connectivity index (χ3v) is 12.2. The summed E-state index contributed by atoms with van der Waals surface area (Å²) in [7, 11) is -2.38. The summed E-state index contributed by atoms with van der Waals surface area (Å²) in [6, 6.07) is 16.6. The van der Waals surface area contributed by atoms with Crippen molar-refractivity contribution in [1.29, 1.82) is 0 Å². The van der Waals surface area contributed by atoms with Gasteiger partial charge in [-0.05, 0) is 112 Å². The highest BCUT2D eigenvalue weighted by molar-refractivity contribution is 7.93. The number of fused-ring (bicyclic) bond motifs is 1. The SMILES string of the molecule is COc1cc(C)c(S(=O)(=O)N2c3ccccc3CCC2COCC(=O)N2CCC(OCCN3CCCC3)(c3ccccn3)CC2)c(C)c1. The average Bonchev–Trinajstić information content (AvgIpc) is 3.62. The number of ether oxygens (including phenoxy) is 3. The Balaban J connectivity index is 1.11. The molecule has 48 heavy (non-hydrogen) atoms. The molecule has 10 nitrogen and oxygen atoms in total. The minimum Gasteiger partial charge on any atom is -0.497 e. The third kappa shape index (κ3) is 7.24. The molecular formula is C37H48N4O6S. The van der Waals surface area contributed by atoms with Crippen LogP contribution in [0, 0.1) is 13.8 Å². The fourth-order valence-corrected chi connectivity index (χ4v) is 9.68. The lowest BCUT2D eigenvalue weighted by Gasteiger charge is -2.41. The van der Waals surface area contributed by atoms with Gasteiger partial charge in [0.15, 0.2) is 0 Å². The van der Waals surface area contributed by atoms with E-state index < -0.39 is 21.7 Å². The number of amides is 1. The molecule has 0 saturated carbocycles. The number of hydrogen-bond donors (Lipinski definition) is 0. The van der Waals surface area contributed by atoms with E-state index in [-0.39, 0.29) is 24.0 Å². The van der Waals surface area contributed by atoms with E-state index in [1.165, 1.54) is 17.1 Å². The van der Waals surface area contributed by atoms with E-state index in [0.717, 1.165) is 37.3 Å². The van der Waals surface area contributed by atoms with E-state index in [4.69, 9.17) is 14.2 Å². The van der Waals surface area contributed by atoms with Crippen LogP contribution in [-0.4, -0.2) is 94.8 Å². The maximum absolute atomic E-state index is 14.4. The lowest BCUT2D eigenvalue weighted by Crippen LogP contribution is -2.49. The van der Waals surface area contributed by atoms with Crippen LogP contribution in [-0.2, 0) is 36.3 Å². The Morgan fingerprint density at radius 1 is 0.979 bits per heavy atom. The zero-order valence-electron chi connectivity index (χ0n) is 28.4. The fraction of sp³-hybridized carbons (Fsp3) is 0.514. The first kappa shape index (κ1) is 34.4. The Labute approximate surface area is 285 Å². The van der Waals surface area contributed by atoms with Crippen molar-refractivity contribution < 1.29 is 27.4 Å². The summed E-state index contributed by atoms with van der Waals surface area (Å²) in [5.41, 5.74) is 3.26. The quantitative estimate of drug-likeness (QED) is 0.268. The second-order valence-electron chi connectivity index (χ2n) is 13.2. The fourth-order valence-electron chi connectivity index (χ4n) is 7.56. The number of para-hydroxylation sites is 1. The summed E-state index contributed by atoms with van der Waals surface area (Å²) in [6.07, 6.45) is 6.91. The smallest absolute Gasteiger partial charge is 0.265 e. The van der Waals surface area contributed by atoms with Crippen LogP contribution in [0.25, 0.3) is 0 Å². The Morgan fingerprint density at radius 3 is 2.38 bits per heavy atom. The number of pyridine rings is 1. The van der Waals surface area contributed by atoms with Gasteiger partial charge in [-0.1, -0.05) is 24.3 Å². The maximum Gasteiger partial charge on any atom is 0.265 e. The number of anilines is 1. The first-order chi connectivity index (χ1) is 23.2. The Kier molecular flexibility index (Phi) is 10.7. The summed E-state index contributed by atoms with van der Waals surface area (Å²) in [5.74, 6) is 0.513. The van der Waals surface area contributed by atoms with Crippen LogP contribution >= 0.6 is 0 Å². The van der Waals surface area contributed by atoms with Gasteiger partial charge < -0.3 is 24.0 Å². The molecule has 0 N–H and O–H groups in total. The largest absolute Gasteiger partial charge is 0.497 e. The minimum absolute atomic E-state index is 0.103. The van der Waals surface area contributed by atoms with Crippen molar-refractivity contribution in [2.45, 2.75) is 68.9 Å². The van der Waals surface area contributed by atoms with Gasteiger partial charge in [-0.2, -0.15) is 0 Å². The Morgan fingerprint density at radius 2 is 1.69 bits per heavy atom. The van der Waals surface area contributed by atoms with Crippen LogP contribution in [0.2, 0.25) is 0 Å². The second-order valence-corrected chi connectivity index (χ2v) is 15.0. The molecule has 0 radical (unpaired) electrons. The molecule has 1 unspecified atom stereocenters. The first-order valence-electron chi connectivity index (χ1n) is 17.1. The molecule has 2 fully saturated rings. The Hall–Kier alpha value is -3.51. The van der Waals surface area contributed by atoms with Gasteiger partial charge in [0.1, 0.15) is 18.0 Å². The molecule has 258 valence electrons. The van der Waals surface area contributed by atoms with Crippen molar-refractivity contribution in [1.82, 2.24) is 14.8 Å². The van der Waals surface area contributed by atoms with E-state index >= 15 is 0 Å². The summed E-state index contributed by atoms with van der Waals surface area (Å²) in [5, 5.41) is 0. The monoisotopic (exact) mass is 676 g/mol. The number of nitrogens with zero attached hydrogens (tertiary/aromatic N) is 4. The lowest BCUT2D eigenvalue weighted by atomic mass is 9.87. The van der Waals surface area contributed by atoms with Crippen molar-refractivity contribution in [3.05, 3.63) is 83.2 Å². The van der Waals surface area contributed by atoms with Crippen molar-refractivity contribution >= 4 is 21.6 Å². The minimum atomic E-state index is -3.96. The number of carbonyl (C=O) groups excluding carboxylic acids is 1. The Bertz CT molecular complexity index is 1650. The summed E-state index contributed by atoms with van der Waals surface area (Å²) < 4.78 is 48.4. The predicted molar refractivity (Wildman–Crippen MR) is 185 cm³/mol. The molecule has 3 aliphatic rings. The molecule has 11 heteroatoms. The van der Waals surface area contributed by atoms with E-state index in [0.29, 0.717) is 61.5 Å². The zero-order chi connectivity index (χ0) is 33.7. The maximum atomic E-state index is 14.4. The van der Waals surface area contributed by atoms with Gasteiger partial charge in [0, 0.05) is 25.8 Å². The normalized spacial score (nSPS) is 19.7. The summed E-state index contributed by atoms with van der Waals surface area (Å²) >= 11 is 0. The highest BCUT2D eigenvalue weighted by atomic mass is 32.2. The van der Waals surface area contributed by atoms with E-state index in [1.54, 1.807) is 39.3 Å². The molecule has 0 spiro atoms. The standard InChI is InChI=1S/C37H48N4O6S/c1-28-24-32(45-3)25-29(2)36(28)48(43,44)41-31(14-13-30-10-4-5-11-33(30)41)26-46-27-35(42)40-20-15-37(16-21-40,34-12-6-7-17-38-34)47-23-22-39-18-8-9-19-39/h4-7,10-12,17,24-25,31H,8-9,13-16,18-23,26-27H2,1-3H3. The summed E-state index contributed by atoms with van der Waals surface area (Å²) in [4.78, 5) is 22.6. The van der Waals surface area contributed by atoms with E-state index in [2.05, 4.69) is 9.88 Å². The molecule has 1 aromatic heterocycles. The highest BCUT2D eigenvalue weighted by Gasteiger charge is 2.41. The van der Waals surface area contributed by atoms with Crippen LogP contribution in [0.15, 0.2) is 65.7 Å². The third-order valence-electron chi connectivity index (χ3n) is 10.1. The number of carbonyl (C=O) groups is 1. The number of piperidine rings is 1. The predicted octanol–water partition coefficient (Wildman–Crippen LogP) is 4.86. The zero-order valence-corrected chi connectivity index (χ0v) is 29.2. The molecule has 2 saturated heterocycles. The van der Waals surface area contributed by atoms with Gasteiger partial charge in [-0.3, -0.25) is 14.1 Å². The van der Waals surface area contributed by atoms with Gasteiger partial charge in [0.2, 0.25) is 5.91 Å². The second kappa shape index (κ2) is 14.9. The molecule has 3 aliphatic heterocycles. The number of hydrogen-bond acceptors (Lipinski definition) is 8. The van der Waals surface area contributed by atoms with Crippen molar-refractivity contribution in [3.63, 3.8) is 0 Å². The number of rotatable bonds is 12. The van der Waals surface area contributed by atoms with Crippen LogP contribution in [0.4, 0.5) is 5.69 Å². The van der Waals surface area contributed by atoms with Crippen LogP contribution in [0.1, 0.15) is 54.5 Å². The average molecular weight is 677 g/mol. The molecule has 2 aromatic carbocycles. The molecular weight excluding hydrogens is 628 g/mol. The molecule has 0 aliphatic carbocycles. The van der Waals surface area contributed by atoms with Gasteiger partial charge in [-0.25, -0.2) is 8.42 Å². The number of likely N-dealkylation sites (tertiary alicyclic amines) is 2. The number of benzene rings is 2. The summed E-state index contributed by atoms with van der Waals surface area (Å²) in [6.45, 7) is 8.45. The molecule has 1 atom stereocenters. The van der Waals surface area contributed by atoms with Gasteiger partial charge in [-0.15, -0.1) is 0 Å². The lowest BCUT2D eigenvalue weighted by molar-refractivity contribution is -0.145. The van der Waals surface area contributed by atoms with E-state index in [1.807, 2.05) is 47.4 Å². The molecule has 6 rings (SSSR count). The van der Waals surface area contributed by atoms with Gasteiger partial charge in [0.25, 0.3) is 10.0 Å². The van der Waals surface area contributed by atoms with Crippen LogP contribution in [0.3, 0.4) is 0 Å². The topological polar surface area (TPSA) is 102 Å². The number of aromatic nitrogens is 1. The van der Waals surface area contributed by atoms with Crippen LogP contribution in [0.5, 0.6) is 5.75 Å². The van der Waals surface area contributed by atoms with Gasteiger partial charge >= 0.3 is 0 Å². The van der Waals surface area contributed by atoms with Crippen molar-refractivity contribution in [2.75, 3.05) is 64.0 Å². The number of sulfonamides is 1. The van der Waals surface area contributed by atoms with Crippen molar-refractivity contribution in [2.24, 2.45) is 0 Å². The molecule has 4 heterocycles. The molecule has 3 aromatic rings.